The summed E-state index contributed by atoms with van der Waals surface area (Å²) in [4.78, 5) is 17.3. The van der Waals surface area contributed by atoms with E-state index in [1.807, 2.05) is 31.2 Å². The smallest absolute Gasteiger partial charge is 0.254 e. The van der Waals surface area contributed by atoms with E-state index in [-0.39, 0.29) is 5.91 Å². The lowest BCUT2D eigenvalue weighted by Gasteiger charge is -2.10. The van der Waals surface area contributed by atoms with E-state index in [1.165, 1.54) is 16.7 Å². The minimum atomic E-state index is -0.0746. The number of carbonyl (C=O) groups is 1. The van der Waals surface area contributed by atoms with Gasteiger partial charge in [-0.3, -0.25) is 4.79 Å². The highest BCUT2D eigenvalue weighted by molar-refractivity contribution is 5.93. The van der Waals surface area contributed by atoms with Crippen molar-refractivity contribution in [2.75, 3.05) is 14.1 Å². The highest BCUT2D eigenvalue weighted by Gasteiger charge is 2.08. The topological polar surface area (TPSA) is 42.4 Å². The number of amides is 1. The number of rotatable bonds is 3. The molecule has 0 fully saturated rings. The number of nitrogens with zero attached hydrogens (tertiary/aromatic N) is 2. The van der Waals surface area contributed by atoms with Crippen LogP contribution >= 0.6 is 0 Å². The van der Waals surface area contributed by atoms with Crippen molar-refractivity contribution in [2.24, 2.45) is 0 Å². The molecule has 4 heteroatoms. The molecular weight excluding hydrogens is 240 g/mol. The van der Waals surface area contributed by atoms with Gasteiger partial charge in [-0.2, -0.15) is 0 Å². The lowest BCUT2D eigenvalue weighted by atomic mass is 10.2. The van der Waals surface area contributed by atoms with Gasteiger partial charge >= 0.3 is 0 Å². The Bertz CT molecular complexity index is 560. The molecule has 0 N–H and O–H groups in total. The molecule has 1 heterocycles. The Morgan fingerprint density at radius 3 is 2.32 bits per heavy atom. The molecule has 1 aromatic heterocycles. The lowest BCUT2D eigenvalue weighted by molar-refractivity contribution is 0.0827. The second-order valence-corrected chi connectivity index (χ2v) is 4.50. The summed E-state index contributed by atoms with van der Waals surface area (Å²) in [7, 11) is 3.41. The van der Waals surface area contributed by atoms with Gasteiger partial charge in [-0.25, -0.2) is 4.98 Å². The zero-order valence-electron chi connectivity index (χ0n) is 11.3. The fourth-order valence-corrected chi connectivity index (χ4v) is 1.55. The van der Waals surface area contributed by atoms with Crippen molar-refractivity contribution in [3.05, 3.63) is 53.7 Å². The van der Waals surface area contributed by atoms with Crippen molar-refractivity contribution in [2.45, 2.75) is 6.92 Å². The highest BCUT2D eigenvalue weighted by atomic mass is 16.5. The van der Waals surface area contributed by atoms with Crippen LogP contribution in [-0.4, -0.2) is 29.9 Å². The molecule has 0 spiro atoms. The zero-order chi connectivity index (χ0) is 13.8. The number of carbonyl (C=O) groups excluding carboxylic acids is 1. The summed E-state index contributed by atoms with van der Waals surface area (Å²) < 4.78 is 5.59. The van der Waals surface area contributed by atoms with E-state index in [1.54, 1.807) is 26.2 Å². The zero-order valence-corrected chi connectivity index (χ0v) is 11.3. The summed E-state index contributed by atoms with van der Waals surface area (Å²) >= 11 is 0. The number of hydrogen-bond acceptors (Lipinski definition) is 3. The molecule has 0 aliphatic heterocycles. The Labute approximate surface area is 112 Å². The lowest BCUT2D eigenvalue weighted by Crippen LogP contribution is -2.21. The van der Waals surface area contributed by atoms with Gasteiger partial charge in [0.1, 0.15) is 5.75 Å². The summed E-state index contributed by atoms with van der Waals surface area (Å²) in [5, 5.41) is 0. The third kappa shape index (κ3) is 3.31. The van der Waals surface area contributed by atoms with Gasteiger partial charge in [0.2, 0.25) is 5.88 Å². The quantitative estimate of drug-likeness (QED) is 0.848. The minimum absolute atomic E-state index is 0.0746. The van der Waals surface area contributed by atoms with Gasteiger partial charge < -0.3 is 9.64 Å². The minimum Gasteiger partial charge on any atom is -0.439 e. The Balaban J connectivity index is 2.10. The van der Waals surface area contributed by atoms with Gasteiger partial charge in [0, 0.05) is 26.4 Å². The van der Waals surface area contributed by atoms with Crippen molar-refractivity contribution in [1.29, 1.82) is 0 Å². The van der Waals surface area contributed by atoms with E-state index < -0.39 is 0 Å². The number of pyridine rings is 1. The molecule has 0 aliphatic carbocycles. The van der Waals surface area contributed by atoms with Crippen LogP contribution in [0.4, 0.5) is 0 Å². The first kappa shape index (κ1) is 13.1. The summed E-state index contributed by atoms with van der Waals surface area (Å²) in [6.07, 6.45) is 1.52. The van der Waals surface area contributed by atoms with Gasteiger partial charge in [0.05, 0.1) is 5.56 Å². The summed E-state index contributed by atoms with van der Waals surface area (Å²) in [5.41, 5.74) is 1.72. The molecule has 2 rings (SSSR count). The third-order valence-electron chi connectivity index (χ3n) is 2.63. The van der Waals surface area contributed by atoms with Gasteiger partial charge in [-0.1, -0.05) is 17.7 Å². The molecule has 0 atom stereocenters. The van der Waals surface area contributed by atoms with E-state index in [0.29, 0.717) is 11.4 Å². The average Bonchev–Trinajstić information content (AvgIpc) is 2.41. The van der Waals surface area contributed by atoms with Gasteiger partial charge in [0.15, 0.2) is 0 Å². The first-order valence-electron chi connectivity index (χ1n) is 5.98. The second kappa shape index (κ2) is 5.52. The Morgan fingerprint density at radius 2 is 1.79 bits per heavy atom. The Kier molecular flexibility index (Phi) is 3.80. The molecule has 1 amide bonds. The summed E-state index contributed by atoms with van der Waals surface area (Å²) in [5.74, 6) is 1.12. The van der Waals surface area contributed by atoms with Crippen LogP contribution in [0.3, 0.4) is 0 Å². The SMILES string of the molecule is Cc1ccc(Oc2ccc(C(=O)N(C)C)cn2)cc1. The molecule has 0 saturated heterocycles. The van der Waals surface area contributed by atoms with Gasteiger partial charge in [-0.15, -0.1) is 0 Å². The standard InChI is InChI=1S/C15H16N2O2/c1-11-4-7-13(8-5-11)19-14-9-6-12(10-16-14)15(18)17(2)3/h4-10H,1-3H3. The van der Waals surface area contributed by atoms with Crippen LogP contribution in [-0.2, 0) is 0 Å². The molecule has 0 bridgehead atoms. The molecular formula is C15H16N2O2. The number of aromatic nitrogens is 1. The average molecular weight is 256 g/mol. The molecule has 0 saturated carbocycles. The van der Waals surface area contributed by atoms with Crippen LogP contribution in [0.25, 0.3) is 0 Å². The molecule has 4 nitrogen and oxygen atoms in total. The van der Waals surface area contributed by atoms with Crippen molar-refractivity contribution in [3.8, 4) is 11.6 Å². The van der Waals surface area contributed by atoms with Crippen LogP contribution in [0.15, 0.2) is 42.6 Å². The maximum atomic E-state index is 11.7. The van der Waals surface area contributed by atoms with Crippen molar-refractivity contribution in [3.63, 3.8) is 0 Å². The number of hydrogen-bond donors (Lipinski definition) is 0. The number of benzene rings is 1. The van der Waals surface area contributed by atoms with E-state index in [0.717, 1.165) is 5.75 Å². The monoisotopic (exact) mass is 256 g/mol. The van der Waals surface area contributed by atoms with E-state index in [9.17, 15) is 4.79 Å². The normalized spacial score (nSPS) is 10.1. The van der Waals surface area contributed by atoms with Gasteiger partial charge in [0.25, 0.3) is 5.91 Å². The molecule has 0 unspecified atom stereocenters. The van der Waals surface area contributed by atoms with Crippen LogP contribution in [0.1, 0.15) is 15.9 Å². The van der Waals surface area contributed by atoms with Crippen molar-refractivity contribution < 1.29 is 9.53 Å². The highest BCUT2D eigenvalue weighted by Crippen LogP contribution is 2.19. The van der Waals surface area contributed by atoms with Crippen LogP contribution in [0.5, 0.6) is 11.6 Å². The predicted molar refractivity (Wildman–Crippen MR) is 73.5 cm³/mol. The molecule has 1 aromatic carbocycles. The Hall–Kier alpha value is -2.36. The fraction of sp³-hybridized carbons (Fsp3) is 0.200. The fourth-order valence-electron chi connectivity index (χ4n) is 1.55. The summed E-state index contributed by atoms with van der Waals surface area (Å²) in [6, 6.07) is 11.1. The van der Waals surface area contributed by atoms with Gasteiger partial charge in [-0.05, 0) is 25.1 Å². The first-order chi connectivity index (χ1) is 9.06. The second-order valence-electron chi connectivity index (χ2n) is 4.50. The molecule has 2 aromatic rings. The number of ether oxygens (including phenoxy) is 1. The van der Waals surface area contributed by atoms with E-state index in [4.69, 9.17) is 4.74 Å². The first-order valence-corrected chi connectivity index (χ1v) is 5.98. The van der Waals surface area contributed by atoms with Crippen LogP contribution in [0.2, 0.25) is 0 Å². The van der Waals surface area contributed by atoms with Crippen molar-refractivity contribution >= 4 is 5.91 Å². The maximum absolute atomic E-state index is 11.7. The summed E-state index contributed by atoms with van der Waals surface area (Å²) in [6.45, 7) is 2.02. The van der Waals surface area contributed by atoms with E-state index >= 15 is 0 Å². The van der Waals surface area contributed by atoms with Crippen LogP contribution in [0, 0.1) is 6.92 Å². The molecule has 19 heavy (non-hydrogen) atoms. The molecule has 98 valence electrons. The van der Waals surface area contributed by atoms with Crippen molar-refractivity contribution in [1.82, 2.24) is 9.88 Å². The molecule has 0 aliphatic rings. The molecule has 0 radical (unpaired) electrons. The van der Waals surface area contributed by atoms with E-state index in [2.05, 4.69) is 4.98 Å². The van der Waals surface area contributed by atoms with Crippen LogP contribution < -0.4 is 4.74 Å². The number of aryl methyl sites for hydroxylation is 1. The maximum Gasteiger partial charge on any atom is 0.254 e. The largest absolute Gasteiger partial charge is 0.439 e. The predicted octanol–water partition coefficient (Wildman–Crippen LogP) is 2.88. The Morgan fingerprint density at radius 1 is 1.11 bits per heavy atom. The third-order valence-corrected chi connectivity index (χ3v) is 2.63.